The number of amides is 1. The molecular weight excluding hydrogens is 256 g/mol. The first-order valence-corrected chi connectivity index (χ1v) is 8.18. The molecule has 106 valence electrons. The molecular formula is C15H24N2OS. The predicted molar refractivity (Wildman–Crippen MR) is 80.9 cm³/mol. The molecule has 1 fully saturated rings. The number of thiophene rings is 1. The highest BCUT2D eigenvalue weighted by Crippen LogP contribution is 2.21. The molecule has 0 spiro atoms. The van der Waals surface area contributed by atoms with Crippen LogP contribution >= 0.6 is 11.3 Å². The first-order chi connectivity index (χ1) is 9.26. The Bertz CT molecular complexity index is 410. The second kappa shape index (κ2) is 7.06. The minimum Gasteiger partial charge on any atom is -0.334 e. The molecule has 4 heteroatoms. The van der Waals surface area contributed by atoms with Crippen molar-refractivity contribution in [1.29, 1.82) is 0 Å². The molecule has 1 atom stereocenters. The van der Waals surface area contributed by atoms with Crippen LogP contribution in [0, 0.1) is 0 Å². The molecule has 1 saturated heterocycles. The van der Waals surface area contributed by atoms with Gasteiger partial charge in [-0.1, -0.05) is 13.8 Å². The van der Waals surface area contributed by atoms with Gasteiger partial charge in [0, 0.05) is 24.0 Å². The minimum atomic E-state index is 0.222. The summed E-state index contributed by atoms with van der Waals surface area (Å²) in [6.07, 6.45) is 4.33. The molecule has 2 rings (SSSR count). The monoisotopic (exact) mass is 280 g/mol. The number of hydrogen-bond donors (Lipinski definition) is 1. The fraction of sp³-hybridized carbons (Fsp3) is 0.667. The van der Waals surface area contributed by atoms with Crippen LogP contribution in [0.2, 0.25) is 0 Å². The number of piperidine rings is 1. The van der Waals surface area contributed by atoms with Gasteiger partial charge in [0.1, 0.15) is 0 Å². The van der Waals surface area contributed by atoms with Gasteiger partial charge in [0.05, 0.1) is 4.88 Å². The Morgan fingerprint density at radius 1 is 1.47 bits per heavy atom. The Labute approximate surface area is 120 Å². The van der Waals surface area contributed by atoms with Gasteiger partial charge in [-0.25, -0.2) is 0 Å². The Morgan fingerprint density at radius 3 is 2.89 bits per heavy atom. The lowest BCUT2D eigenvalue weighted by molar-refractivity contribution is 0.0654. The zero-order valence-electron chi connectivity index (χ0n) is 11.9. The fourth-order valence-electron chi connectivity index (χ4n) is 2.61. The number of hydrogen-bond acceptors (Lipinski definition) is 3. The van der Waals surface area contributed by atoms with E-state index in [-0.39, 0.29) is 5.91 Å². The number of rotatable bonds is 5. The van der Waals surface area contributed by atoms with E-state index in [1.54, 1.807) is 11.3 Å². The zero-order valence-corrected chi connectivity index (χ0v) is 12.8. The van der Waals surface area contributed by atoms with Gasteiger partial charge >= 0.3 is 0 Å². The van der Waals surface area contributed by atoms with Crippen LogP contribution in [-0.4, -0.2) is 36.5 Å². The summed E-state index contributed by atoms with van der Waals surface area (Å²) in [6, 6.07) is 4.44. The molecule has 19 heavy (non-hydrogen) atoms. The number of carbonyl (C=O) groups is 1. The van der Waals surface area contributed by atoms with E-state index in [2.05, 4.69) is 30.1 Å². The summed E-state index contributed by atoms with van der Waals surface area (Å²) < 4.78 is 0. The van der Waals surface area contributed by atoms with Crippen LogP contribution in [0.3, 0.4) is 0 Å². The molecule has 1 unspecified atom stereocenters. The normalized spacial score (nSPS) is 19.4. The van der Waals surface area contributed by atoms with Gasteiger partial charge in [-0.15, -0.1) is 11.3 Å². The molecule has 1 N–H and O–H groups in total. The Kier molecular flexibility index (Phi) is 5.40. The average Bonchev–Trinajstić information content (AvgIpc) is 2.94. The third-order valence-electron chi connectivity index (χ3n) is 3.66. The number of carbonyl (C=O) groups excluding carboxylic acids is 1. The third-order valence-corrected chi connectivity index (χ3v) is 4.88. The lowest BCUT2D eigenvalue weighted by Crippen LogP contribution is -2.48. The van der Waals surface area contributed by atoms with Gasteiger partial charge < -0.3 is 10.2 Å². The highest BCUT2D eigenvalue weighted by Gasteiger charge is 2.26. The van der Waals surface area contributed by atoms with Crippen molar-refractivity contribution >= 4 is 17.2 Å². The molecule has 1 aliphatic heterocycles. The van der Waals surface area contributed by atoms with Crippen molar-refractivity contribution in [3.8, 4) is 0 Å². The fourth-order valence-corrected chi connectivity index (χ4v) is 3.52. The van der Waals surface area contributed by atoms with Crippen molar-refractivity contribution in [2.75, 3.05) is 19.6 Å². The summed E-state index contributed by atoms with van der Waals surface area (Å²) >= 11 is 1.65. The maximum absolute atomic E-state index is 12.7. The van der Waals surface area contributed by atoms with Crippen LogP contribution < -0.4 is 5.32 Å². The highest BCUT2D eigenvalue weighted by molar-refractivity contribution is 7.14. The predicted octanol–water partition coefficient (Wildman–Crippen LogP) is 2.91. The smallest absolute Gasteiger partial charge is 0.264 e. The minimum absolute atomic E-state index is 0.222. The van der Waals surface area contributed by atoms with E-state index in [1.807, 2.05) is 6.07 Å². The lowest BCUT2D eigenvalue weighted by atomic mass is 10.1. The summed E-state index contributed by atoms with van der Waals surface area (Å²) in [5, 5.41) is 3.41. The average molecular weight is 280 g/mol. The number of nitrogens with zero attached hydrogens (tertiary/aromatic N) is 1. The lowest BCUT2D eigenvalue weighted by Gasteiger charge is -2.34. The van der Waals surface area contributed by atoms with Crippen LogP contribution in [0.4, 0.5) is 0 Å². The van der Waals surface area contributed by atoms with Crippen molar-refractivity contribution in [1.82, 2.24) is 10.2 Å². The van der Waals surface area contributed by atoms with E-state index in [4.69, 9.17) is 0 Å². The van der Waals surface area contributed by atoms with Crippen LogP contribution in [0.1, 0.15) is 47.7 Å². The molecule has 1 aromatic heterocycles. The van der Waals surface area contributed by atoms with Crippen molar-refractivity contribution in [3.63, 3.8) is 0 Å². The van der Waals surface area contributed by atoms with Gasteiger partial charge in [-0.3, -0.25) is 4.79 Å². The molecule has 0 aliphatic carbocycles. The van der Waals surface area contributed by atoms with E-state index in [0.29, 0.717) is 6.04 Å². The van der Waals surface area contributed by atoms with Gasteiger partial charge in [-0.05, 0) is 44.4 Å². The maximum atomic E-state index is 12.7. The Hall–Kier alpha value is -0.870. The van der Waals surface area contributed by atoms with Gasteiger partial charge in [-0.2, -0.15) is 0 Å². The SMILES string of the molecule is CCCN(C(=O)c1ccc(CC)s1)C1CCCNC1. The zero-order chi connectivity index (χ0) is 13.7. The van der Waals surface area contributed by atoms with Gasteiger partial charge in [0.2, 0.25) is 0 Å². The summed E-state index contributed by atoms with van der Waals surface area (Å²) in [4.78, 5) is 16.9. The summed E-state index contributed by atoms with van der Waals surface area (Å²) in [5.41, 5.74) is 0. The van der Waals surface area contributed by atoms with Crippen molar-refractivity contribution in [2.45, 2.75) is 45.6 Å². The summed E-state index contributed by atoms with van der Waals surface area (Å²) in [7, 11) is 0. The van der Waals surface area contributed by atoms with Crippen molar-refractivity contribution in [2.24, 2.45) is 0 Å². The molecule has 0 bridgehead atoms. The Morgan fingerprint density at radius 2 is 2.32 bits per heavy atom. The first-order valence-electron chi connectivity index (χ1n) is 7.36. The molecule has 1 aromatic rings. The van der Waals surface area contributed by atoms with Crippen LogP contribution in [-0.2, 0) is 6.42 Å². The highest BCUT2D eigenvalue weighted by atomic mass is 32.1. The quantitative estimate of drug-likeness (QED) is 0.899. The second-order valence-corrected chi connectivity index (χ2v) is 6.29. The maximum Gasteiger partial charge on any atom is 0.264 e. The number of nitrogens with one attached hydrogen (secondary N) is 1. The molecule has 1 aliphatic rings. The summed E-state index contributed by atoms with van der Waals surface area (Å²) in [5.74, 6) is 0.222. The molecule has 0 saturated carbocycles. The van der Waals surface area contributed by atoms with E-state index < -0.39 is 0 Å². The standard InChI is InChI=1S/C15H24N2OS/c1-3-10-17(12-6-5-9-16-11-12)15(18)14-8-7-13(4-2)19-14/h7-8,12,16H,3-6,9-11H2,1-2H3. The van der Waals surface area contributed by atoms with Gasteiger partial charge in [0.25, 0.3) is 5.91 Å². The second-order valence-electron chi connectivity index (χ2n) is 5.12. The van der Waals surface area contributed by atoms with Crippen LogP contribution in [0.15, 0.2) is 12.1 Å². The van der Waals surface area contributed by atoms with E-state index in [9.17, 15) is 4.79 Å². The van der Waals surface area contributed by atoms with Crippen molar-refractivity contribution < 1.29 is 4.79 Å². The molecule has 3 nitrogen and oxygen atoms in total. The van der Waals surface area contributed by atoms with E-state index in [0.717, 1.165) is 43.8 Å². The van der Waals surface area contributed by atoms with E-state index in [1.165, 1.54) is 11.3 Å². The van der Waals surface area contributed by atoms with Crippen molar-refractivity contribution in [3.05, 3.63) is 21.9 Å². The van der Waals surface area contributed by atoms with Crippen LogP contribution in [0.5, 0.6) is 0 Å². The van der Waals surface area contributed by atoms with Gasteiger partial charge in [0.15, 0.2) is 0 Å². The molecule has 2 heterocycles. The first kappa shape index (κ1) is 14.5. The summed E-state index contributed by atoms with van der Waals surface area (Å²) in [6.45, 7) is 7.17. The molecule has 0 aromatic carbocycles. The number of aryl methyl sites for hydroxylation is 1. The van der Waals surface area contributed by atoms with Crippen LogP contribution in [0.25, 0.3) is 0 Å². The topological polar surface area (TPSA) is 32.3 Å². The Balaban J connectivity index is 2.10. The van der Waals surface area contributed by atoms with E-state index >= 15 is 0 Å². The molecule has 1 amide bonds. The molecule has 0 radical (unpaired) electrons. The largest absolute Gasteiger partial charge is 0.334 e. The third kappa shape index (κ3) is 3.57.